The average molecular weight is 233 g/mol. The maximum Gasteiger partial charge on any atom is 0.317 e. The number of amides is 2. The molecule has 15 heavy (non-hydrogen) atoms. The van der Waals surface area contributed by atoms with Gasteiger partial charge < -0.3 is 10.2 Å². The van der Waals surface area contributed by atoms with Gasteiger partial charge in [-0.2, -0.15) is 4.31 Å². The van der Waals surface area contributed by atoms with E-state index in [2.05, 4.69) is 5.32 Å². The Hall–Kier alpha value is -0.820. The van der Waals surface area contributed by atoms with Crippen molar-refractivity contribution in [3.05, 3.63) is 0 Å². The van der Waals surface area contributed by atoms with Gasteiger partial charge >= 0.3 is 6.03 Å². The van der Waals surface area contributed by atoms with Crippen molar-refractivity contribution < 1.29 is 13.2 Å². The fourth-order valence-corrected chi connectivity index (χ4v) is 3.13. The average Bonchev–Trinajstić information content (AvgIpc) is 2.60. The van der Waals surface area contributed by atoms with E-state index in [4.69, 9.17) is 0 Å². The second-order valence-electron chi connectivity index (χ2n) is 3.79. The van der Waals surface area contributed by atoms with Crippen LogP contribution >= 0.6 is 0 Å². The lowest BCUT2D eigenvalue weighted by molar-refractivity contribution is 0.164. The van der Waals surface area contributed by atoms with Gasteiger partial charge in [0.05, 0.1) is 11.8 Å². The Balaban J connectivity index is 2.09. The highest BCUT2D eigenvalue weighted by Gasteiger charge is 2.38. The van der Waals surface area contributed by atoms with Crippen LogP contribution in [-0.4, -0.2) is 61.6 Å². The van der Waals surface area contributed by atoms with E-state index in [1.165, 1.54) is 4.31 Å². The predicted molar refractivity (Wildman–Crippen MR) is 54.9 cm³/mol. The van der Waals surface area contributed by atoms with Crippen molar-refractivity contribution in [3.8, 4) is 0 Å². The molecular weight excluding hydrogens is 218 g/mol. The van der Waals surface area contributed by atoms with Gasteiger partial charge in [-0.15, -0.1) is 0 Å². The Labute approximate surface area is 89.3 Å². The highest BCUT2D eigenvalue weighted by molar-refractivity contribution is 7.89. The number of nitrogens with zero attached hydrogens (tertiary/aromatic N) is 2. The van der Waals surface area contributed by atoms with Crippen LogP contribution in [0.5, 0.6) is 0 Å². The minimum absolute atomic E-state index is 0.00701. The number of carbonyl (C=O) groups is 1. The van der Waals surface area contributed by atoms with Crippen molar-refractivity contribution in [1.82, 2.24) is 14.5 Å². The summed E-state index contributed by atoms with van der Waals surface area (Å²) in [5.74, 6) is 0.126. The zero-order valence-corrected chi connectivity index (χ0v) is 9.46. The van der Waals surface area contributed by atoms with Crippen LogP contribution in [0.25, 0.3) is 0 Å². The van der Waals surface area contributed by atoms with E-state index in [0.717, 1.165) is 0 Å². The van der Waals surface area contributed by atoms with E-state index >= 15 is 0 Å². The maximum atomic E-state index is 11.6. The number of carbonyl (C=O) groups excluding carboxylic acids is 1. The summed E-state index contributed by atoms with van der Waals surface area (Å²) in [6.45, 7) is 3.53. The monoisotopic (exact) mass is 233 g/mol. The van der Waals surface area contributed by atoms with Gasteiger partial charge in [-0.25, -0.2) is 13.2 Å². The van der Waals surface area contributed by atoms with Crippen LogP contribution in [0.3, 0.4) is 0 Å². The summed E-state index contributed by atoms with van der Waals surface area (Å²) in [6, 6.07) is -0.0684. The number of fused-ring (bicyclic) bond motifs is 1. The van der Waals surface area contributed by atoms with Crippen LogP contribution in [-0.2, 0) is 10.0 Å². The van der Waals surface area contributed by atoms with Crippen LogP contribution < -0.4 is 5.32 Å². The summed E-state index contributed by atoms with van der Waals surface area (Å²) >= 11 is 0. The van der Waals surface area contributed by atoms with E-state index in [1.807, 2.05) is 0 Å². The summed E-state index contributed by atoms with van der Waals surface area (Å²) in [7, 11) is -3.11. The smallest absolute Gasteiger partial charge is 0.317 e. The molecule has 0 bridgehead atoms. The summed E-state index contributed by atoms with van der Waals surface area (Å²) in [5, 5.41) is 2.72. The molecule has 0 aliphatic carbocycles. The van der Waals surface area contributed by atoms with Crippen molar-refractivity contribution in [3.63, 3.8) is 0 Å². The fourth-order valence-electron chi connectivity index (χ4n) is 2.01. The predicted octanol–water partition coefficient (Wildman–Crippen LogP) is -0.954. The molecule has 0 aromatic carbocycles. The summed E-state index contributed by atoms with van der Waals surface area (Å²) in [4.78, 5) is 13.0. The molecule has 2 saturated heterocycles. The summed E-state index contributed by atoms with van der Waals surface area (Å²) in [5.41, 5.74) is 0. The molecule has 86 valence electrons. The van der Waals surface area contributed by atoms with Crippen molar-refractivity contribution in [2.24, 2.45) is 0 Å². The lowest BCUT2D eigenvalue weighted by Gasteiger charge is -2.35. The van der Waals surface area contributed by atoms with Crippen LogP contribution in [0, 0.1) is 0 Å². The van der Waals surface area contributed by atoms with Crippen LogP contribution in [0.15, 0.2) is 0 Å². The lowest BCUT2D eigenvalue weighted by Crippen LogP contribution is -2.53. The van der Waals surface area contributed by atoms with Gasteiger partial charge in [0.1, 0.15) is 0 Å². The largest absolute Gasteiger partial charge is 0.336 e. The number of sulfonamides is 1. The van der Waals surface area contributed by atoms with Crippen LogP contribution in [0.4, 0.5) is 4.79 Å². The summed E-state index contributed by atoms with van der Waals surface area (Å²) < 4.78 is 24.7. The third-order valence-electron chi connectivity index (χ3n) is 2.95. The molecule has 1 atom stereocenters. The molecule has 0 aromatic heterocycles. The first-order valence-corrected chi connectivity index (χ1v) is 6.68. The molecule has 2 heterocycles. The topological polar surface area (TPSA) is 69.7 Å². The van der Waals surface area contributed by atoms with Crippen molar-refractivity contribution in [2.45, 2.75) is 13.0 Å². The molecule has 2 aliphatic rings. The van der Waals surface area contributed by atoms with Gasteiger partial charge in [0.2, 0.25) is 10.0 Å². The second-order valence-corrected chi connectivity index (χ2v) is 6.05. The molecule has 0 aromatic rings. The van der Waals surface area contributed by atoms with Crippen molar-refractivity contribution in [2.75, 3.05) is 31.9 Å². The fraction of sp³-hybridized carbons (Fsp3) is 0.875. The molecule has 0 saturated carbocycles. The van der Waals surface area contributed by atoms with E-state index in [1.54, 1.807) is 11.8 Å². The Bertz CT molecular complexity index is 367. The number of hydrogen-bond acceptors (Lipinski definition) is 3. The van der Waals surface area contributed by atoms with E-state index < -0.39 is 10.0 Å². The van der Waals surface area contributed by atoms with Gasteiger partial charge in [-0.1, -0.05) is 0 Å². The third kappa shape index (κ3) is 1.81. The molecule has 2 aliphatic heterocycles. The molecule has 6 nitrogen and oxygen atoms in total. The van der Waals surface area contributed by atoms with Gasteiger partial charge in [0.15, 0.2) is 0 Å². The number of hydrogen-bond donors (Lipinski definition) is 1. The zero-order valence-electron chi connectivity index (χ0n) is 8.64. The number of nitrogens with one attached hydrogen (secondary N) is 1. The number of urea groups is 1. The standard InChI is InChI=1S/C8H15N3O3S/c1-2-15(13,14)10-3-4-11-7(6-10)5-9-8(11)12/h7H,2-6H2,1H3,(H,9,12). The Morgan fingerprint density at radius 3 is 2.87 bits per heavy atom. The molecule has 2 rings (SSSR count). The third-order valence-corrected chi connectivity index (χ3v) is 4.80. The van der Waals surface area contributed by atoms with Gasteiger partial charge in [0, 0.05) is 26.2 Å². The van der Waals surface area contributed by atoms with Crippen LogP contribution in [0.1, 0.15) is 6.92 Å². The Kier molecular flexibility index (Phi) is 2.59. The quantitative estimate of drug-likeness (QED) is 0.668. The number of rotatable bonds is 2. The summed E-state index contributed by atoms with van der Waals surface area (Å²) in [6.07, 6.45) is 0. The molecular formula is C8H15N3O3S. The first-order valence-electron chi connectivity index (χ1n) is 5.07. The minimum atomic E-state index is -3.11. The molecule has 0 radical (unpaired) electrons. The highest BCUT2D eigenvalue weighted by atomic mass is 32.2. The maximum absolute atomic E-state index is 11.6. The SMILES string of the molecule is CCS(=O)(=O)N1CCN2C(=O)NCC2C1. The van der Waals surface area contributed by atoms with E-state index in [-0.39, 0.29) is 17.8 Å². The first kappa shape index (κ1) is 10.7. The molecule has 2 amide bonds. The molecule has 7 heteroatoms. The van der Waals surface area contributed by atoms with Crippen molar-refractivity contribution in [1.29, 1.82) is 0 Å². The molecule has 2 fully saturated rings. The van der Waals surface area contributed by atoms with Gasteiger partial charge in [-0.05, 0) is 6.92 Å². The minimum Gasteiger partial charge on any atom is -0.336 e. The van der Waals surface area contributed by atoms with Crippen LogP contribution in [0.2, 0.25) is 0 Å². The Morgan fingerprint density at radius 1 is 1.47 bits per heavy atom. The van der Waals surface area contributed by atoms with Gasteiger partial charge in [-0.3, -0.25) is 0 Å². The zero-order chi connectivity index (χ0) is 11.1. The van der Waals surface area contributed by atoms with E-state index in [9.17, 15) is 13.2 Å². The van der Waals surface area contributed by atoms with Gasteiger partial charge in [0.25, 0.3) is 0 Å². The Morgan fingerprint density at radius 2 is 2.20 bits per heavy atom. The lowest BCUT2D eigenvalue weighted by atomic mass is 10.2. The first-order chi connectivity index (χ1) is 7.04. The van der Waals surface area contributed by atoms with Crippen molar-refractivity contribution >= 4 is 16.1 Å². The second kappa shape index (κ2) is 3.64. The number of piperazine rings is 1. The molecule has 1 N–H and O–H groups in total. The molecule has 0 spiro atoms. The van der Waals surface area contributed by atoms with E-state index in [0.29, 0.717) is 26.2 Å². The normalized spacial score (nSPS) is 27.7. The molecule has 1 unspecified atom stereocenters. The highest BCUT2D eigenvalue weighted by Crippen LogP contribution is 2.16.